The molecule has 0 amide bonds. The molecule has 0 heterocycles. The molecule has 0 aliphatic heterocycles. The van der Waals surface area contributed by atoms with Gasteiger partial charge < -0.3 is 4.43 Å². The minimum absolute atomic E-state index is 0.0234. The van der Waals surface area contributed by atoms with Gasteiger partial charge in [0.1, 0.15) is 5.78 Å². The van der Waals surface area contributed by atoms with Crippen LogP contribution in [-0.2, 0) is 9.22 Å². The van der Waals surface area contributed by atoms with Gasteiger partial charge in [-0.1, -0.05) is 100 Å². The quantitative estimate of drug-likeness (QED) is 0.382. The summed E-state index contributed by atoms with van der Waals surface area (Å²) in [6, 6.07) is 21.9. The number of hydrogen-bond donors (Lipinski definition) is 0. The maximum Gasteiger partial charge on any atom is 0.261 e. The molecule has 0 saturated heterocycles. The number of ketones is 1. The van der Waals surface area contributed by atoms with E-state index in [9.17, 15) is 4.79 Å². The molecule has 0 N–H and O–H groups in total. The first kappa shape index (κ1) is 24.2. The monoisotopic (exact) mass is 460 g/mol. The van der Waals surface area contributed by atoms with E-state index in [4.69, 9.17) is 4.43 Å². The van der Waals surface area contributed by atoms with Gasteiger partial charge in [0.2, 0.25) is 0 Å². The molecule has 2 nitrogen and oxygen atoms in total. The van der Waals surface area contributed by atoms with Crippen molar-refractivity contribution < 1.29 is 9.22 Å². The molecule has 0 bridgehead atoms. The van der Waals surface area contributed by atoms with Crippen molar-refractivity contribution in [1.82, 2.24) is 0 Å². The Kier molecular flexibility index (Phi) is 6.84. The van der Waals surface area contributed by atoms with Gasteiger partial charge in [0.05, 0.1) is 0 Å². The molecule has 176 valence electrons. The van der Waals surface area contributed by atoms with Gasteiger partial charge in [0, 0.05) is 18.4 Å². The molecule has 0 spiro atoms. The number of allylic oxidation sites excluding steroid dienone is 2. The third kappa shape index (κ3) is 4.42. The molecule has 2 aromatic carbocycles. The number of benzene rings is 2. The SMILES string of the molecule is CC(C)=CC[C@H]1C(=O)C[C@@H]2[C@@H](C)[C@H](O[Si](c3ccccc3)(c3ccccc3)C(C)(C)C)C[C@@H]21. The zero-order valence-electron chi connectivity index (χ0n) is 21.2. The van der Waals surface area contributed by atoms with Crippen LogP contribution in [0.25, 0.3) is 0 Å². The zero-order chi connectivity index (χ0) is 23.8. The summed E-state index contributed by atoms with van der Waals surface area (Å²) in [6.07, 6.45) is 5.07. The van der Waals surface area contributed by atoms with E-state index in [0.29, 0.717) is 23.5 Å². The summed E-state index contributed by atoms with van der Waals surface area (Å²) < 4.78 is 7.51. The highest BCUT2D eigenvalue weighted by Crippen LogP contribution is 2.52. The highest BCUT2D eigenvalue weighted by molar-refractivity contribution is 6.99. The van der Waals surface area contributed by atoms with E-state index in [1.807, 2.05) is 0 Å². The third-order valence-electron chi connectivity index (χ3n) is 8.21. The number of carbonyl (C=O) groups excluding carboxylic acids is 1. The highest BCUT2D eigenvalue weighted by Gasteiger charge is 2.57. The van der Waals surface area contributed by atoms with Crippen molar-refractivity contribution in [2.24, 2.45) is 23.7 Å². The molecular weight excluding hydrogens is 420 g/mol. The maximum atomic E-state index is 12.9. The van der Waals surface area contributed by atoms with Crippen molar-refractivity contribution in [3.63, 3.8) is 0 Å². The van der Waals surface area contributed by atoms with Crippen LogP contribution in [0.15, 0.2) is 72.3 Å². The summed E-state index contributed by atoms with van der Waals surface area (Å²) in [6.45, 7) is 13.6. The molecule has 0 aromatic heterocycles. The molecule has 33 heavy (non-hydrogen) atoms. The minimum Gasteiger partial charge on any atom is -0.404 e. The number of rotatable bonds is 6. The Bertz CT molecular complexity index is 945. The summed E-state index contributed by atoms with van der Waals surface area (Å²) in [5.74, 6) is 1.94. The average molecular weight is 461 g/mol. The predicted molar refractivity (Wildman–Crippen MR) is 140 cm³/mol. The van der Waals surface area contributed by atoms with Crippen LogP contribution >= 0.6 is 0 Å². The Morgan fingerprint density at radius 2 is 1.52 bits per heavy atom. The van der Waals surface area contributed by atoms with Crippen molar-refractivity contribution in [2.75, 3.05) is 0 Å². The first-order valence-electron chi connectivity index (χ1n) is 12.6. The van der Waals surface area contributed by atoms with Crippen LogP contribution in [0.5, 0.6) is 0 Å². The second-order valence-electron chi connectivity index (χ2n) is 11.5. The first-order chi connectivity index (χ1) is 15.6. The lowest BCUT2D eigenvalue weighted by atomic mass is 9.87. The Labute approximate surface area is 201 Å². The highest BCUT2D eigenvalue weighted by atomic mass is 28.4. The van der Waals surface area contributed by atoms with Crippen molar-refractivity contribution in [1.29, 1.82) is 0 Å². The van der Waals surface area contributed by atoms with Gasteiger partial charge in [-0.15, -0.1) is 0 Å². The zero-order valence-corrected chi connectivity index (χ0v) is 22.2. The summed E-state index contributed by atoms with van der Waals surface area (Å²) >= 11 is 0. The fourth-order valence-electron chi connectivity index (χ4n) is 6.49. The first-order valence-corrected chi connectivity index (χ1v) is 14.5. The Hall–Kier alpha value is -1.97. The standard InChI is InChI=1S/C30H40O2Si/c1-21(2)17-18-25-27-20-29(22(3)26(27)19-28(25)31)32-33(30(4,5)6,23-13-9-7-10-14-23)24-15-11-8-12-16-24/h7-17,22,25-27,29H,18-20H2,1-6H3/t22-,25-,26-,27-,29-/m1/s1. The predicted octanol–water partition coefficient (Wildman–Crippen LogP) is 6.15. The van der Waals surface area contributed by atoms with Gasteiger partial charge in [0.15, 0.2) is 0 Å². The maximum absolute atomic E-state index is 12.9. The Morgan fingerprint density at radius 1 is 0.970 bits per heavy atom. The van der Waals surface area contributed by atoms with Crippen LogP contribution < -0.4 is 10.4 Å². The fourth-order valence-corrected chi connectivity index (χ4v) is 11.3. The molecule has 2 aliphatic carbocycles. The van der Waals surface area contributed by atoms with Crippen LogP contribution in [0.1, 0.15) is 60.8 Å². The number of Topliss-reactive ketones (excluding diaryl/α,β-unsaturated/α-hetero) is 1. The molecule has 0 radical (unpaired) electrons. The van der Waals surface area contributed by atoms with E-state index in [2.05, 4.69) is 108 Å². The second-order valence-corrected chi connectivity index (χ2v) is 15.8. The largest absolute Gasteiger partial charge is 0.404 e. The van der Waals surface area contributed by atoms with E-state index in [-0.39, 0.29) is 17.1 Å². The molecule has 2 aliphatic rings. The molecule has 0 unspecified atom stereocenters. The van der Waals surface area contributed by atoms with E-state index in [0.717, 1.165) is 19.3 Å². The van der Waals surface area contributed by atoms with Crippen LogP contribution in [-0.4, -0.2) is 20.2 Å². The Morgan fingerprint density at radius 3 is 2.00 bits per heavy atom. The van der Waals surface area contributed by atoms with Crippen molar-refractivity contribution >= 4 is 24.5 Å². The molecule has 2 aromatic rings. The van der Waals surface area contributed by atoms with Gasteiger partial charge in [-0.3, -0.25) is 4.79 Å². The van der Waals surface area contributed by atoms with Crippen LogP contribution in [0, 0.1) is 23.7 Å². The van der Waals surface area contributed by atoms with Crippen molar-refractivity contribution in [2.45, 2.75) is 71.9 Å². The summed E-state index contributed by atoms with van der Waals surface area (Å²) in [4.78, 5) is 12.9. The molecular formula is C30H40O2Si. The number of hydrogen-bond acceptors (Lipinski definition) is 2. The molecule has 2 saturated carbocycles. The van der Waals surface area contributed by atoms with E-state index >= 15 is 0 Å². The average Bonchev–Trinajstić information content (AvgIpc) is 3.25. The number of carbonyl (C=O) groups is 1. The van der Waals surface area contributed by atoms with Crippen LogP contribution in [0.3, 0.4) is 0 Å². The van der Waals surface area contributed by atoms with Crippen molar-refractivity contribution in [3.05, 3.63) is 72.3 Å². The summed E-state index contributed by atoms with van der Waals surface area (Å²) in [5, 5.41) is 2.65. The Balaban J connectivity index is 1.72. The molecule has 5 atom stereocenters. The number of fused-ring (bicyclic) bond motifs is 1. The van der Waals surface area contributed by atoms with Gasteiger partial charge in [-0.05, 0) is 59.9 Å². The van der Waals surface area contributed by atoms with Gasteiger partial charge in [0.25, 0.3) is 8.32 Å². The van der Waals surface area contributed by atoms with Gasteiger partial charge in [-0.2, -0.15) is 0 Å². The third-order valence-corrected chi connectivity index (χ3v) is 13.3. The fraction of sp³-hybridized carbons (Fsp3) is 0.500. The summed E-state index contributed by atoms with van der Waals surface area (Å²) in [7, 11) is -2.58. The van der Waals surface area contributed by atoms with Crippen LogP contribution in [0.4, 0.5) is 0 Å². The smallest absolute Gasteiger partial charge is 0.261 e. The lowest BCUT2D eigenvalue weighted by molar-refractivity contribution is -0.121. The topological polar surface area (TPSA) is 26.3 Å². The van der Waals surface area contributed by atoms with Crippen molar-refractivity contribution in [3.8, 4) is 0 Å². The molecule has 3 heteroatoms. The molecule has 2 fully saturated rings. The van der Waals surface area contributed by atoms with Gasteiger partial charge in [-0.25, -0.2) is 0 Å². The summed E-state index contributed by atoms with van der Waals surface area (Å²) in [5.41, 5.74) is 1.30. The minimum atomic E-state index is -2.58. The second kappa shape index (κ2) is 9.35. The van der Waals surface area contributed by atoms with Crippen LogP contribution in [0.2, 0.25) is 5.04 Å². The molecule has 4 rings (SSSR count). The van der Waals surface area contributed by atoms with E-state index in [1.165, 1.54) is 15.9 Å². The normalized spacial score (nSPS) is 27.5. The van der Waals surface area contributed by atoms with Gasteiger partial charge >= 0.3 is 0 Å². The lowest BCUT2D eigenvalue weighted by Crippen LogP contribution is -2.68. The van der Waals surface area contributed by atoms with E-state index < -0.39 is 8.32 Å². The lowest BCUT2D eigenvalue weighted by Gasteiger charge is -2.45. The van der Waals surface area contributed by atoms with E-state index in [1.54, 1.807) is 0 Å².